The molecular formula is C18H26ClF3O2. The minimum absolute atomic E-state index is 0.184. The molecule has 2 aliphatic carbocycles. The first kappa shape index (κ1) is 19.8. The lowest BCUT2D eigenvalue weighted by molar-refractivity contribution is -0.0954. The van der Waals surface area contributed by atoms with Crippen molar-refractivity contribution in [1.29, 1.82) is 0 Å². The van der Waals surface area contributed by atoms with Crippen molar-refractivity contribution >= 4 is 11.6 Å². The lowest BCUT2D eigenvalue weighted by atomic mass is 9.70. The molecule has 0 aromatic rings. The van der Waals surface area contributed by atoms with Crippen LogP contribution in [0.5, 0.6) is 0 Å². The fourth-order valence-corrected chi connectivity index (χ4v) is 4.25. The molecular weight excluding hydrogens is 341 g/mol. The molecule has 2 fully saturated rings. The van der Waals surface area contributed by atoms with Crippen molar-refractivity contribution in [3.8, 4) is 0 Å². The Morgan fingerprint density at radius 1 is 0.792 bits per heavy atom. The molecule has 138 valence electrons. The lowest BCUT2D eigenvalue weighted by Gasteiger charge is -2.44. The standard InChI is InChI=1S/C18H26ClF3O2/c1-3-9-23-13-7-5-11(16(20)15(13)19)12-6-8-14(24-10-4-2)18(22)17(12)21/h3-4,11-18H,1-2,5-10H2. The van der Waals surface area contributed by atoms with Gasteiger partial charge in [-0.2, -0.15) is 0 Å². The zero-order valence-corrected chi connectivity index (χ0v) is 14.5. The third-order valence-corrected chi connectivity index (χ3v) is 5.63. The van der Waals surface area contributed by atoms with E-state index >= 15 is 0 Å². The van der Waals surface area contributed by atoms with Gasteiger partial charge in [-0.1, -0.05) is 12.2 Å². The molecule has 2 aliphatic rings. The largest absolute Gasteiger partial charge is 0.373 e. The Labute approximate surface area is 147 Å². The molecule has 0 aromatic heterocycles. The Hall–Kier alpha value is -0.520. The minimum atomic E-state index is -1.74. The molecule has 0 spiro atoms. The van der Waals surface area contributed by atoms with Crippen LogP contribution in [-0.4, -0.2) is 49.3 Å². The molecule has 6 heteroatoms. The number of halogens is 4. The van der Waals surface area contributed by atoms with Crippen LogP contribution in [0, 0.1) is 11.8 Å². The summed E-state index contributed by atoms with van der Waals surface area (Å²) in [5, 5.41) is -0.844. The molecule has 2 rings (SSSR count). The van der Waals surface area contributed by atoms with E-state index in [0.717, 1.165) is 0 Å². The average molecular weight is 367 g/mol. The van der Waals surface area contributed by atoms with Crippen molar-refractivity contribution in [2.24, 2.45) is 11.8 Å². The maximum atomic E-state index is 14.7. The summed E-state index contributed by atoms with van der Waals surface area (Å²) in [5.74, 6) is -1.25. The van der Waals surface area contributed by atoms with Crippen molar-refractivity contribution in [1.82, 2.24) is 0 Å². The normalized spacial score (nSPS) is 43.3. The SMILES string of the molecule is C=CCOC1CCC(C2CCC(OCC=C)C(Cl)C2F)C(F)C1F. The summed E-state index contributed by atoms with van der Waals surface area (Å²) in [5.41, 5.74) is 0. The maximum Gasteiger partial charge on any atom is 0.157 e. The highest BCUT2D eigenvalue weighted by atomic mass is 35.5. The average Bonchev–Trinajstić information content (AvgIpc) is 2.58. The molecule has 0 bridgehead atoms. The van der Waals surface area contributed by atoms with Gasteiger partial charge in [0.1, 0.15) is 12.3 Å². The van der Waals surface area contributed by atoms with Gasteiger partial charge in [0.25, 0.3) is 0 Å². The monoisotopic (exact) mass is 366 g/mol. The van der Waals surface area contributed by atoms with Gasteiger partial charge in [-0.15, -0.1) is 24.8 Å². The van der Waals surface area contributed by atoms with Crippen LogP contribution in [0.25, 0.3) is 0 Å². The Bertz CT molecular complexity index is 385. The van der Waals surface area contributed by atoms with E-state index in [1.807, 2.05) is 0 Å². The second-order valence-corrected chi connectivity index (χ2v) is 7.08. The van der Waals surface area contributed by atoms with Crippen molar-refractivity contribution in [3.05, 3.63) is 25.3 Å². The molecule has 0 saturated heterocycles. The van der Waals surface area contributed by atoms with Gasteiger partial charge in [-0.3, -0.25) is 0 Å². The number of ether oxygens (including phenoxy) is 2. The first-order valence-corrected chi connectivity index (χ1v) is 8.96. The van der Waals surface area contributed by atoms with Gasteiger partial charge in [0, 0.05) is 0 Å². The van der Waals surface area contributed by atoms with Crippen LogP contribution in [0.2, 0.25) is 0 Å². The minimum Gasteiger partial charge on any atom is -0.373 e. The highest BCUT2D eigenvalue weighted by molar-refractivity contribution is 6.21. The summed E-state index contributed by atoms with van der Waals surface area (Å²) in [6.45, 7) is 7.54. The molecule has 24 heavy (non-hydrogen) atoms. The highest BCUT2D eigenvalue weighted by Gasteiger charge is 2.50. The van der Waals surface area contributed by atoms with E-state index in [0.29, 0.717) is 32.3 Å². The quantitative estimate of drug-likeness (QED) is 0.485. The van der Waals surface area contributed by atoms with Crippen LogP contribution in [0.4, 0.5) is 13.2 Å². The summed E-state index contributed by atoms with van der Waals surface area (Å²) < 4.78 is 54.4. The van der Waals surface area contributed by atoms with Gasteiger partial charge in [0.15, 0.2) is 6.17 Å². The molecule has 8 unspecified atom stereocenters. The van der Waals surface area contributed by atoms with Crippen LogP contribution in [0.15, 0.2) is 25.3 Å². The van der Waals surface area contributed by atoms with Gasteiger partial charge in [0.2, 0.25) is 0 Å². The third-order valence-electron chi connectivity index (χ3n) is 5.11. The molecule has 0 amide bonds. The van der Waals surface area contributed by atoms with E-state index in [9.17, 15) is 13.2 Å². The van der Waals surface area contributed by atoms with Crippen molar-refractivity contribution in [2.45, 2.75) is 61.8 Å². The number of hydrogen-bond donors (Lipinski definition) is 0. The van der Waals surface area contributed by atoms with Gasteiger partial charge >= 0.3 is 0 Å². The van der Waals surface area contributed by atoms with Gasteiger partial charge in [-0.05, 0) is 37.5 Å². The predicted molar refractivity (Wildman–Crippen MR) is 89.7 cm³/mol. The Balaban J connectivity index is 1.96. The van der Waals surface area contributed by atoms with Gasteiger partial charge in [0.05, 0.1) is 30.8 Å². The van der Waals surface area contributed by atoms with E-state index in [1.165, 1.54) is 6.08 Å². The molecule has 0 aromatic carbocycles. The molecule has 0 radical (unpaired) electrons. The van der Waals surface area contributed by atoms with Crippen molar-refractivity contribution < 1.29 is 22.6 Å². The number of rotatable bonds is 7. The molecule has 2 nitrogen and oxygen atoms in total. The maximum absolute atomic E-state index is 14.7. The van der Waals surface area contributed by atoms with E-state index < -0.39 is 47.9 Å². The summed E-state index contributed by atoms with van der Waals surface area (Å²) in [6, 6.07) is 0. The molecule has 2 saturated carbocycles. The Kier molecular flexibility index (Phi) is 7.63. The third kappa shape index (κ3) is 4.36. The topological polar surface area (TPSA) is 18.5 Å². The molecule has 0 aliphatic heterocycles. The first-order valence-electron chi connectivity index (χ1n) is 8.52. The van der Waals surface area contributed by atoms with Gasteiger partial charge < -0.3 is 9.47 Å². The Morgan fingerprint density at radius 2 is 1.29 bits per heavy atom. The van der Waals surface area contributed by atoms with Crippen LogP contribution < -0.4 is 0 Å². The van der Waals surface area contributed by atoms with Crippen molar-refractivity contribution in [2.75, 3.05) is 13.2 Å². The van der Waals surface area contributed by atoms with Crippen molar-refractivity contribution in [3.63, 3.8) is 0 Å². The highest BCUT2D eigenvalue weighted by Crippen LogP contribution is 2.44. The van der Waals surface area contributed by atoms with Gasteiger partial charge in [-0.25, -0.2) is 13.2 Å². The second-order valence-electron chi connectivity index (χ2n) is 6.58. The number of alkyl halides is 4. The zero-order chi connectivity index (χ0) is 17.7. The zero-order valence-electron chi connectivity index (χ0n) is 13.8. The summed E-state index contributed by atoms with van der Waals surface area (Å²) in [6.07, 6.45) is -1.21. The lowest BCUT2D eigenvalue weighted by Crippen LogP contribution is -2.51. The van der Waals surface area contributed by atoms with E-state index in [-0.39, 0.29) is 6.61 Å². The second kappa shape index (κ2) is 9.25. The molecule has 8 atom stereocenters. The fourth-order valence-electron chi connectivity index (χ4n) is 3.87. The van der Waals surface area contributed by atoms with Crippen LogP contribution in [0.3, 0.4) is 0 Å². The fraction of sp³-hybridized carbons (Fsp3) is 0.778. The first-order chi connectivity index (χ1) is 11.5. The Morgan fingerprint density at radius 3 is 1.88 bits per heavy atom. The smallest absolute Gasteiger partial charge is 0.157 e. The number of hydrogen-bond acceptors (Lipinski definition) is 2. The molecule has 0 heterocycles. The predicted octanol–water partition coefficient (Wildman–Crippen LogP) is 4.57. The summed E-state index contributed by atoms with van der Waals surface area (Å²) in [4.78, 5) is 0. The van der Waals surface area contributed by atoms with E-state index in [2.05, 4.69) is 13.2 Å². The van der Waals surface area contributed by atoms with E-state index in [1.54, 1.807) is 6.08 Å². The summed E-state index contributed by atoms with van der Waals surface area (Å²) in [7, 11) is 0. The summed E-state index contributed by atoms with van der Waals surface area (Å²) >= 11 is 6.18. The van der Waals surface area contributed by atoms with E-state index in [4.69, 9.17) is 21.1 Å². The van der Waals surface area contributed by atoms with Crippen LogP contribution in [0.1, 0.15) is 25.7 Å². The molecule has 0 N–H and O–H groups in total. The van der Waals surface area contributed by atoms with Crippen LogP contribution in [-0.2, 0) is 9.47 Å². The van der Waals surface area contributed by atoms with Crippen LogP contribution >= 0.6 is 11.6 Å².